The zero-order chi connectivity index (χ0) is 18.4. The summed E-state index contributed by atoms with van der Waals surface area (Å²) in [6.45, 7) is 2.58. The van der Waals surface area contributed by atoms with Crippen molar-refractivity contribution in [3.63, 3.8) is 0 Å². The van der Waals surface area contributed by atoms with Crippen LogP contribution in [0.4, 0.5) is 5.69 Å². The molecule has 0 aliphatic rings. The molecule has 7 heteroatoms. The SMILES string of the molecule is CCOc1ccc(-c2ccc(SCc3cccc([N+](=O)[O-])c3)nn2)cc1. The van der Waals surface area contributed by atoms with E-state index in [0.717, 1.165) is 27.6 Å². The van der Waals surface area contributed by atoms with Crippen molar-refractivity contribution in [1.29, 1.82) is 0 Å². The first-order chi connectivity index (χ1) is 12.7. The lowest BCUT2D eigenvalue weighted by Crippen LogP contribution is -1.93. The Bertz CT molecular complexity index is 883. The van der Waals surface area contributed by atoms with Gasteiger partial charge in [-0.3, -0.25) is 10.1 Å². The van der Waals surface area contributed by atoms with Crippen LogP contribution in [0.2, 0.25) is 0 Å². The quantitative estimate of drug-likeness (QED) is 0.341. The van der Waals surface area contributed by atoms with Crippen LogP contribution in [0.5, 0.6) is 5.75 Å². The van der Waals surface area contributed by atoms with Crippen LogP contribution in [-0.2, 0) is 5.75 Å². The molecular formula is C19H17N3O3S. The van der Waals surface area contributed by atoms with Gasteiger partial charge in [0.1, 0.15) is 10.8 Å². The minimum absolute atomic E-state index is 0.0973. The molecule has 132 valence electrons. The van der Waals surface area contributed by atoms with E-state index < -0.39 is 0 Å². The van der Waals surface area contributed by atoms with Crippen molar-refractivity contribution in [2.24, 2.45) is 0 Å². The molecule has 2 aromatic carbocycles. The highest BCUT2D eigenvalue weighted by Crippen LogP contribution is 2.25. The van der Waals surface area contributed by atoms with Crippen molar-refractivity contribution < 1.29 is 9.66 Å². The van der Waals surface area contributed by atoms with Crippen molar-refractivity contribution >= 4 is 17.4 Å². The molecule has 0 atom stereocenters. The first-order valence-corrected chi connectivity index (χ1v) is 9.07. The molecule has 1 aromatic heterocycles. The van der Waals surface area contributed by atoms with Crippen molar-refractivity contribution in [1.82, 2.24) is 10.2 Å². The molecular weight excluding hydrogens is 350 g/mol. The first-order valence-electron chi connectivity index (χ1n) is 8.09. The third-order valence-corrected chi connectivity index (χ3v) is 4.60. The molecule has 3 rings (SSSR count). The summed E-state index contributed by atoms with van der Waals surface area (Å²) in [5, 5.41) is 20.1. The second-order valence-corrected chi connectivity index (χ2v) is 6.43. The van der Waals surface area contributed by atoms with E-state index in [0.29, 0.717) is 12.4 Å². The Hall–Kier alpha value is -2.93. The molecule has 0 bridgehead atoms. The third-order valence-electron chi connectivity index (χ3n) is 3.61. The molecule has 0 spiro atoms. The highest BCUT2D eigenvalue weighted by atomic mass is 32.2. The number of ether oxygens (including phenoxy) is 1. The molecule has 1 heterocycles. The number of nitro benzene ring substituents is 1. The highest BCUT2D eigenvalue weighted by Gasteiger charge is 2.07. The summed E-state index contributed by atoms with van der Waals surface area (Å²) in [7, 11) is 0. The zero-order valence-electron chi connectivity index (χ0n) is 14.2. The predicted octanol–water partition coefficient (Wildman–Crippen LogP) is 4.74. The van der Waals surface area contributed by atoms with E-state index in [1.54, 1.807) is 12.1 Å². The fourth-order valence-corrected chi connectivity index (χ4v) is 3.11. The molecule has 0 amide bonds. The summed E-state index contributed by atoms with van der Waals surface area (Å²) < 4.78 is 5.43. The maximum absolute atomic E-state index is 10.8. The van der Waals surface area contributed by atoms with E-state index in [4.69, 9.17) is 4.74 Å². The summed E-state index contributed by atoms with van der Waals surface area (Å²) in [5.74, 6) is 1.42. The van der Waals surface area contributed by atoms with Crippen molar-refractivity contribution in [2.45, 2.75) is 17.7 Å². The van der Waals surface area contributed by atoms with Gasteiger partial charge in [0.05, 0.1) is 17.2 Å². The lowest BCUT2D eigenvalue weighted by atomic mass is 10.1. The Balaban J connectivity index is 1.64. The third kappa shape index (κ3) is 4.58. The van der Waals surface area contributed by atoms with E-state index >= 15 is 0 Å². The van der Waals surface area contributed by atoms with Crippen LogP contribution >= 0.6 is 11.8 Å². The van der Waals surface area contributed by atoms with Gasteiger partial charge in [0.25, 0.3) is 5.69 Å². The molecule has 0 saturated carbocycles. The fourth-order valence-electron chi connectivity index (χ4n) is 2.36. The van der Waals surface area contributed by atoms with E-state index in [2.05, 4.69) is 10.2 Å². The maximum Gasteiger partial charge on any atom is 0.269 e. The van der Waals surface area contributed by atoms with Gasteiger partial charge in [0.2, 0.25) is 0 Å². The van der Waals surface area contributed by atoms with Gasteiger partial charge in [-0.2, -0.15) is 0 Å². The Labute approximate surface area is 155 Å². The van der Waals surface area contributed by atoms with Gasteiger partial charge in [0, 0.05) is 23.4 Å². The molecule has 0 N–H and O–H groups in total. The Morgan fingerprint density at radius 1 is 1.08 bits per heavy atom. The molecule has 3 aromatic rings. The first kappa shape index (κ1) is 17.9. The van der Waals surface area contributed by atoms with Crippen LogP contribution in [0.15, 0.2) is 65.7 Å². The molecule has 0 aliphatic carbocycles. The molecule has 0 fully saturated rings. The monoisotopic (exact) mass is 367 g/mol. The predicted molar refractivity (Wildman–Crippen MR) is 101 cm³/mol. The van der Waals surface area contributed by atoms with Gasteiger partial charge in [-0.25, -0.2) is 0 Å². The summed E-state index contributed by atoms with van der Waals surface area (Å²) >= 11 is 1.49. The van der Waals surface area contributed by atoms with E-state index in [-0.39, 0.29) is 10.6 Å². The van der Waals surface area contributed by atoms with Crippen LogP contribution in [0.25, 0.3) is 11.3 Å². The number of thioether (sulfide) groups is 1. The number of rotatable bonds is 7. The molecule has 0 radical (unpaired) electrons. The second-order valence-electron chi connectivity index (χ2n) is 5.43. The lowest BCUT2D eigenvalue weighted by molar-refractivity contribution is -0.384. The van der Waals surface area contributed by atoms with Crippen LogP contribution < -0.4 is 4.74 Å². The smallest absolute Gasteiger partial charge is 0.269 e. The van der Waals surface area contributed by atoms with Crippen molar-refractivity contribution in [3.05, 3.63) is 76.3 Å². The summed E-state index contributed by atoms with van der Waals surface area (Å²) in [5.41, 5.74) is 2.73. The van der Waals surface area contributed by atoms with Crippen LogP contribution in [0, 0.1) is 10.1 Å². The average molecular weight is 367 g/mol. The highest BCUT2D eigenvalue weighted by molar-refractivity contribution is 7.98. The number of hydrogen-bond donors (Lipinski definition) is 0. The molecule has 26 heavy (non-hydrogen) atoms. The normalized spacial score (nSPS) is 10.5. The van der Waals surface area contributed by atoms with Gasteiger partial charge in [-0.1, -0.05) is 23.9 Å². The van der Waals surface area contributed by atoms with Crippen molar-refractivity contribution in [2.75, 3.05) is 6.61 Å². The van der Waals surface area contributed by atoms with Gasteiger partial charge in [-0.05, 0) is 48.9 Å². The van der Waals surface area contributed by atoms with Gasteiger partial charge in [0.15, 0.2) is 0 Å². The number of hydrogen-bond acceptors (Lipinski definition) is 6. The standard InChI is InChI=1S/C19H17N3O3S/c1-2-25-17-8-6-15(7-9-17)18-10-11-19(21-20-18)26-13-14-4-3-5-16(12-14)22(23)24/h3-12H,2,13H2,1H3. The summed E-state index contributed by atoms with van der Waals surface area (Å²) in [6, 6.07) is 18.1. The van der Waals surface area contributed by atoms with Crippen LogP contribution in [-0.4, -0.2) is 21.7 Å². The fraction of sp³-hybridized carbons (Fsp3) is 0.158. The van der Waals surface area contributed by atoms with Gasteiger partial charge >= 0.3 is 0 Å². The van der Waals surface area contributed by atoms with Gasteiger partial charge < -0.3 is 4.74 Å². The van der Waals surface area contributed by atoms with Gasteiger partial charge in [-0.15, -0.1) is 10.2 Å². The van der Waals surface area contributed by atoms with E-state index in [9.17, 15) is 10.1 Å². The van der Waals surface area contributed by atoms with Crippen LogP contribution in [0.3, 0.4) is 0 Å². The Morgan fingerprint density at radius 3 is 2.54 bits per heavy atom. The van der Waals surface area contributed by atoms with Crippen molar-refractivity contribution in [3.8, 4) is 17.0 Å². The minimum Gasteiger partial charge on any atom is -0.494 e. The van der Waals surface area contributed by atoms with Crippen LogP contribution in [0.1, 0.15) is 12.5 Å². The summed E-state index contributed by atoms with van der Waals surface area (Å²) in [6.07, 6.45) is 0. The number of benzene rings is 2. The lowest BCUT2D eigenvalue weighted by Gasteiger charge is -2.05. The molecule has 6 nitrogen and oxygen atoms in total. The van der Waals surface area contributed by atoms with E-state index in [1.165, 1.54) is 17.8 Å². The second kappa shape index (κ2) is 8.44. The number of nitrogens with zero attached hydrogens (tertiary/aromatic N) is 3. The Morgan fingerprint density at radius 2 is 1.88 bits per heavy atom. The number of nitro groups is 1. The summed E-state index contributed by atoms with van der Waals surface area (Å²) in [4.78, 5) is 10.4. The molecule has 0 unspecified atom stereocenters. The number of aromatic nitrogens is 2. The topological polar surface area (TPSA) is 78.2 Å². The minimum atomic E-state index is -0.389. The Kier molecular flexibility index (Phi) is 5.80. The average Bonchev–Trinajstić information content (AvgIpc) is 2.68. The molecule has 0 saturated heterocycles. The zero-order valence-corrected chi connectivity index (χ0v) is 15.0. The number of non-ortho nitro benzene ring substituents is 1. The molecule has 0 aliphatic heterocycles. The van der Waals surface area contributed by atoms with E-state index in [1.807, 2.05) is 49.4 Å². The largest absolute Gasteiger partial charge is 0.494 e. The maximum atomic E-state index is 10.8.